The molecule has 0 bridgehead atoms. The van der Waals surface area contributed by atoms with Gasteiger partial charge in [0, 0.05) is 13.1 Å². The van der Waals surface area contributed by atoms with Crippen LogP contribution in [0, 0.1) is 0 Å². The first-order valence-electron chi connectivity index (χ1n) is 3.89. The molecule has 0 spiro atoms. The molecule has 0 aliphatic rings. The summed E-state index contributed by atoms with van der Waals surface area (Å²) in [5, 5.41) is 0. The summed E-state index contributed by atoms with van der Waals surface area (Å²) in [5.41, 5.74) is 0. The maximum Gasteiger partial charge on any atom is 0.422 e. The zero-order valence-corrected chi connectivity index (χ0v) is 7.52. The van der Waals surface area contributed by atoms with E-state index < -0.39 is 18.9 Å². The minimum Gasteiger partial charge on any atom is -0.440 e. The second-order valence-electron chi connectivity index (χ2n) is 2.34. The van der Waals surface area contributed by atoms with E-state index in [-0.39, 0.29) is 0 Å². The minimum absolute atomic E-state index is 0.340. The van der Waals surface area contributed by atoms with Crippen molar-refractivity contribution in [1.82, 2.24) is 4.90 Å². The fourth-order valence-corrected chi connectivity index (χ4v) is 0.717. The summed E-state index contributed by atoms with van der Waals surface area (Å²) in [7, 11) is 0. The van der Waals surface area contributed by atoms with Gasteiger partial charge in [0.05, 0.1) is 0 Å². The van der Waals surface area contributed by atoms with Crippen LogP contribution in [0.3, 0.4) is 0 Å². The van der Waals surface area contributed by atoms with Crippen molar-refractivity contribution in [3.63, 3.8) is 0 Å². The molecule has 0 saturated carbocycles. The predicted octanol–water partition coefficient (Wildman–Crippen LogP) is 2.03. The SMILES string of the molecule is CCN(CC)C(=O)OCC(F)(F)F. The van der Waals surface area contributed by atoms with Gasteiger partial charge in [-0.1, -0.05) is 0 Å². The van der Waals surface area contributed by atoms with E-state index in [0.29, 0.717) is 13.1 Å². The van der Waals surface area contributed by atoms with Crippen molar-refractivity contribution in [3.05, 3.63) is 0 Å². The van der Waals surface area contributed by atoms with Crippen LogP contribution in [0.4, 0.5) is 18.0 Å². The number of carbonyl (C=O) groups excluding carboxylic acids is 1. The Morgan fingerprint density at radius 3 is 2.08 bits per heavy atom. The molecule has 0 atom stereocenters. The number of halogens is 3. The monoisotopic (exact) mass is 199 g/mol. The van der Waals surface area contributed by atoms with Crippen molar-refractivity contribution in [2.45, 2.75) is 20.0 Å². The molecule has 0 radical (unpaired) electrons. The van der Waals surface area contributed by atoms with Crippen LogP contribution in [0.1, 0.15) is 13.8 Å². The second-order valence-corrected chi connectivity index (χ2v) is 2.34. The van der Waals surface area contributed by atoms with E-state index in [9.17, 15) is 18.0 Å². The minimum atomic E-state index is -4.46. The lowest BCUT2D eigenvalue weighted by Crippen LogP contribution is -2.33. The Morgan fingerprint density at radius 1 is 1.31 bits per heavy atom. The Hall–Kier alpha value is -0.940. The summed E-state index contributed by atoms with van der Waals surface area (Å²) in [6.07, 6.45) is -5.38. The van der Waals surface area contributed by atoms with E-state index in [1.54, 1.807) is 13.8 Å². The molecule has 13 heavy (non-hydrogen) atoms. The standard InChI is InChI=1S/C7H12F3NO2/c1-3-11(4-2)6(12)13-5-7(8,9)10/h3-5H2,1-2H3. The maximum atomic E-state index is 11.6. The lowest BCUT2D eigenvalue weighted by atomic mass is 10.5. The Morgan fingerprint density at radius 2 is 1.77 bits per heavy atom. The first-order valence-corrected chi connectivity index (χ1v) is 3.89. The second kappa shape index (κ2) is 4.94. The van der Waals surface area contributed by atoms with Gasteiger partial charge in [0.2, 0.25) is 0 Å². The van der Waals surface area contributed by atoms with Crippen molar-refractivity contribution in [2.24, 2.45) is 0 Å². The summed E-state index contributed by atoms with van der Waals surface area (Å²) in [6.45, 7) is 2.49. The highest BCUT2D eigenvalue weighted by Crippen LogP contribution is 2.14. The molecule has 0 fully saturated rings. The Labute approximate surface area is 74.5 Å². The zero-order valence-electron chi connectivity index (χ0n) is 7.52. The Kier molecular flexibility index (Phi) is 4.58. The number of amides is 1. The molecule has 0 aromatic carbocycles. The van der Waals surface area contributed by atoms with Crippen LogP contribution in [-0.4, -0.2) is 36.9 Å². The van der Waals surface area contributed by atoms with Crippen molar-refractivity contribution < 1.29 is 22.7 Å². The van der Waals surface area contributed by atoms with Crippen LogP contribution in [-0.2, 0) is 4.74 Å². The molecule has 0 aliphatic carbocycles. The maximum absolute atomic E-state index is 11.6. The van der Waals surface area contributed by atoms with Crippen molar-refractivity contribution in [1.29, 1.82) is 0 Å². The molecule has 0 rings (SSSR count). The van der Waals surface area contributed by atoms with E-state index in [0.717, 1.165) is 0 Å². The first kappa shape index (κ1) is 12.1. The third-order valence-corrected chi connectivity index (χ3v) is 1.38. The third kappa shape index (κ3) is 5.32. The van der Waals surface area contributed by atoms with Crippen LogP contribution >= 0.6 is 0 Å². The normalized spacial score (nSPS) is 11.2. The topological polar surface area (TPSA) is 29.5 Å². The first-order chi connectivity index (χ1) is 5.90. The molecule has 0 aliphatic heterocycles. The van der Waals surface area contributed by atoms with Crippen LogP contribution in [0.15, 0.2) is 0 Å². The van der Waals surface area contributed by atoms with Crippen LogP contribution in [0.2, 0.25) is 0 Å². The molecule has 3 nitrogen and oxygen atoms in total. The van der Waals surface area contributed by atoms with Crippen LogP contribution in [0.5, 0.6) is 0 Å². The average Bonchev–Trinajstić information content (AvgIpc) is 2.02. The molecule has 0 N–H and O–H groups in total. The Balaban J connectivity index is 3.86. The average molecular weight is 199 g/mol. The fourth-order valence-electron chi connectivity index (χ4n) is 0.717. The van der Waals surface area contributed by atoms with Gasteiger partial charge in [0.1, 0.15) is 0 Å². The van der Waals surface area contributed by atoms with Crippen LogP contribution < -0.4 is 0 Å². The molecular weight excluding hydrogens is 187 g/mol. The third-order valence-electron chi connectivity index (χ3n) is 1.38. The molecule has 0 aromatic heterocycles. The van der Waals surface area contributed by atoms with Gasteiger partial charge in [0.25, 0.3) is 0 Å². The van der Waals surface area contributed by atoms with Gasteiger partial charge in [-0.2, -0.15) is 13.2 Å². The number of alkyl halides is 3. The number of hydrogen-bond acceptors (Lipinski definition) is 2. The van der Waals surface area contributed by atoms with Gasteiger partial charge in [-0.3, -0.25) is 0 Å². The summed E-state index contributed by atoms with van der Waals surface area (Å²) in [4.78, 5) is 12.0. The van der Waals surface area contributed by atoms with Crippen LogP contribution in [0.25, 0.3) is 0 Å². The molecular formula is C7H12F3NO2. The number of carbonyl (C=O) groups is 1. The molecule has 0 saturated heterocycles. The van der Waals surface area contributed by atoms with Gasteiger partial charge >= 0.3 is 12.3 Å². The number of rotatable bonds is 3. The van der Waals surface area contributed by atoms with Crippen molar-refractivity contribution in [3.8, 4) is 0 Å². The highest BCUT2D eigenvalue weighted by Gasteiger charge is 2.30. The number of ether oxygens (including phenoxy) is 1. The zero-order chi connectivity index (χ0) is 10.5. The van der Waals surface area contributed by atoms with E-state index in [4.69, 9.17) is 0 Å². The Bertz CT molecular complexity index is 166. The van der Waals surface area contributed by atoms with Crippen molar-refractivity contribution in [2.75, 3.05) is 19.7 Å². The lowest BCUT2D eigenvalue weighted by Gasteiger charge is -2.18. The van der Waals surface area contributed by atoms with E-state index >= 15 is 0 Å². The summed E-state index contributed by atoms with van der Waals surface area (Å²) in [6, 6.07) is 0. The molecule has 0 unspecified atom stereocenters. The van der Waals surface area contributed by atoms with Gasteiger partial charge < -0.3 is 9.64 Å². The van der Waals surface area contributed by atoms with E-state index in [1.807, 2.05) is 0 Å². The quantitative estimate of drug-likeness (QED) is 0.696. The number of hydrogen-bond donors (Lipinski definition) is 0. The number of nitrogens with zero attached hydrogens (tertiary/aromatic N) is 1. The smallest absolute Gasteiger partial charge is 0.422 e. The molecule has 6 heteroatoms. The predicted molar refractivity (Wildman–Crippen MR) is 40.3 cm³/mol. The van der Waals surface area contributed by atoms with E-state index in [1.165, 1.54) is 4.90 Å². The van der Waals surface area contributed by atoms with E-state index in [2.05, 4.69) is 4.74 Å². The molecule has 78 valence electrons. The fraction of sp³-hybridized carbons (Fsp3) is 0.857. The summed E-state index contributed by atoms with van der Waals surface area (Å²) in [5.74, 6) is 0. The highest BCUT2D eigenvalue weighted by molar-refractivity contribution is 5.67. The largest absolute Gasteiger partial charge is 0.440 e. The van der Waals surface area contributed by atoms with Gasteiger partial charge in [-0.05, 0) is 13.8 Å². The summed E-state index contributed by atoms with van der Waals surface area (Å²) >= 11 is 0. The van der Waals surface area contributed by atoms with Gasteiger partial charge in [0.15, 0.2) is 6.61 Å². The van der Waals surface area contributed by atoms with Crippen molar-refractivity contribution >= 4 is 6.09 Å². The highest BCUT2D eigenvalue weighted by atomic mass is 19.4. The summed E-state index contributed by atoms with van der Waals surface area (Å²) < 4.78 is 38.8. The van der Waals surface area contributed by atoms with Gasteiger partial charge in [-0.25, -0.2) is 4.79 Å². The lowest BCUT2D eigenvalue weighted by molar-refractivity contribution is -0.162. The molecule has 0 heterocycles. The molecule has 1 amide bonds. The van der Waals surface area contributed by atoms with Gasteiger partial charge in [-0.15, -0.1) is 0 Å². The molecule has 0 aromatic rings.